The first kappa shape index (κ1) is 15.8. The lowest BCUT2D eigenvalue weighted by Crippen LogP contribution is -2.33. The molecule has 1 atom stereocenters. The molecule has 106 valence electrons. The van der Waals surface area contributed by atoms with Crippen LogP contribution in [0.25, 0.3) is 0 Å². The van der Waals surface area contributed by atoms with Crippen molar-refractivity contribution in [3.63, 3.8) is 0 Å². The summed E-state index contributed by atoms with van der Waals surface area (Å²) in [6.45, 7) is 2.46. The van der Waals surface area contributed by atoms with Crippen LogP contribution in [0.5, 0.6) is 5.75 Å². The summed E-state index contributed by atoms with van der Waals surface area (Å²) in [5, 5.41) is 6.19. The number of nitrogens with one attached hydrogen (secondary N) is 2. The van der Waals surface area contributed by atoms with E-state index in [2.05, 4.69) is 10.6 Å². The van der Waals surface area contributed by atoms with E-state index >= 15 is 0 Å². The minimum absolute atomic E-state index is 0. The Hall–Kier alpha value is -1.26. The maximum Gasteiger partial charge on any atom is 0.224 e. The first-order valence-electron chi connectivity index (χ1n) is 6.41. The quantitative estimate of drug-likeness (QED) is 0.859. The van der Waals surface area contributed by atoms with Gasteiger partial charge in [0.05, 0.1) is 13.0 Å². The topological polar surface area (TPSA) is 50.4 Å². The minimum atomic E-state index is 0. The number of hydrogen-bond donors (Lipinski definition) is 2. The van der Waals surface area contributed by atoms with E-state index in [1.165, 1.54) is 5.56 Å². The molecular formula is C14H21ClN2O2. The molecule has 0 saturated carbocycles. The Balaban J connectivity index is 0.00000180. The lowest BCUT2D eigenvalue weighted by molar-refractivity contribution is -0.124. The Labute approximate surface area is 120 Å². The molecule has 0 bridgehead atoms. The van der Waals surface area contributed by atoms with Crippen molar-refractivity contribution in [3.05, 3.63) is 29.8 Å². The molecule has 0 radical (unpaired) electrons. The lowest BCUT2D eigenvalue weighted by Gasteiger charge is -2.10. The summed E-state index contributed by atoms with van der Waals surface area (Å²) in [4.78, 5) is 11.8. The number of amides is 1. The van der Waals surface area contributed by atoms with Crippen molar-refractivity contribution in [2.24, 2.45) is 5.92 Å². The number of benzene rings is 1. The van der Waals surface area contributed by atoms with Crippen molar-refractivity contribution in [2.75, 3.05) is 26.7 Å². The van der Waals surface area contributed by atoms with Gasteiger partial charge in [0.25, 0.3) is 0 Å². The Bertz CT molecular complexity index is 389. The van der Waals surface area contributed by atoms with E-state index in [1.54, 1.807) is 7.11 Å². The van der Waals surface area contributed by atoms with Gasteiger partial charge in [0.2, 0.25) is 5.91 Å². The fraction of sp³-hybridized carbons (Fsp3) is 0.500. The van der Waals surface area contributed by atoms with Crippen molar-refractivity contribution in [1.82, 2.24) is 10.6 Å². The first-order valence-corrected chi connectivity index (χ1v) is 6.41. The van der Waals surface area contributed by atoms with Gasteiger partial charge in [0.1, 0.15) is 5.75 Å². The zero-order valence-corrected chi connectivity index (χ0v) is 12.0. The van der Waals surface area contributed by atoms with E-state index in [-0.39, 0.29) is 24.2 Å². The third kappa shape index (κ3) is 4.73. The molecule has 0 aromatic heterocycles. The van der Waals surface area contributed by atoms with Gasteiger partial charge in [-0.1, -0.05) is 12.1 Å². The average Bonchev–Trinajstić information content (AvgIpc) is 2.93. The Morgan fingerprint density at radius 2 is 2.16 bits per heavy atom. The van der Waals surface area contributed by atoms with Crippen molar-refractivity contribution in [3.8, 4) is 5.75 Å². The average molecular weight is 285 g/mol. The molecule has 1 aromatic carbocycles. The largest absolute Gasteiger partial charge is 0.497 e. The predicted octanol–water partition coefficient (Wildman–Crippen LogP) is 1.39. The molecule has 1 amide bonds. The first-order chi connectivity index (χ1) is 8.79. The summed E-state index contributed by atoms with van der Waals surface area (Å²) in [6.07, 6.45) is 1.81. The number of carbonyl (C=O) groups is 1. The third-order valence-corrected chi connectivity index (χ3v) is 3.30. The summed E-state index contributed by atoms with van der Waals surface area (Å²) < 4.78 is 5.10. The standard InChI is InChI=1S/C14H20N2O2.ClH/c1-18-13-4-2-11(3-5-13)6-9-16-14(17)12-7-8-15-10-12;/h2-5,12,15H,6-10H2,1H3,(H,16,17);1H. The van der Waals surface area contributed by atoms with Gasteiger partial charge in [-0.25, -0.2) is 0 Å². The fourth-order valence-electron chi connectivity index (χ4n) is 2.15. The van der Waals surface area contributed by atoms with Gasteiger partial charge in [-0.15, -0.1) is 12.4 Å². The molecule has 1 saturated heterocycles. The molecule has 0 spiro atoms. The molecule has 1 aliphatic rings. The number of hydrogen-bond acceptors (Lipinski definition) is 3. The van der Waals surface area contributed by atoms with E-state index in [4.69, 9.17) is 4.74 Å². The highest BCUT2D eigenvalue weighted by molar-refractivity contribution is 5.85. The molecule has 2 N–H and O–H groups in total. The van der Waals surface area contributed by atoms with Crippen LogP contribution < -0.4 is 15.4 Å². The van der Waals surface area contributed by atoms with Crippen LogP contribution in [0.15, 0.2) is 24.3 Å². The molecule has 1 heterocycles. The minimum Gasteiger partial charge on any atom is -0.497 e. The highest BCUT2D eigenvalue weighted by Crippen LogP contribution is 2.11. The SMILES string of the molecule is COc1ccc(CCNC(=O)C2CCNC2)cc1.Cl. The molecule has 1 aliphatic heterocycles. The molecule has 19 heavy (non-hydrogen) atoms. The van der Waals surface area contributed by atoms with Crippen LogP contribution >= 0.6 is 12.4 Å². The zero-order chi connectivity index (χ0) is 12.8. The highest BCUT2D eigenvalue weighted by Gasteiger charge is 2.21. The van der Waals surface area contributed by atoms with Gasteiger partial charge in [-0.3, -0.25) is 4.79 Å². The summed E-state index contributed by atoms with van der Waals surface area (Å²) in [6, 6.07) is 7.94. The molecule has 5 heteroatoms. The fourth-order valence-corrected chi connectivity index (χ4v) is 2.15. The van der Waals surface area contributed by atoms with Crippen LogP contribution in [0, 0.1) is 5.92 Å². The Morgan fingerprint density at radius 1 is 1.42 bits per heavy atom. The monoisotopic (exact) mass is 284 g/mol. The molecule has 1 fully saturated rings. The van der Waals surface area contributed by atoms with Crippen molar-refractivity contribution < 1.29 is 9.53 Å². The highest BCUT2D eigenvalue weighted by atomic mass is 35.5. The van der Waals surface area contributed by atoms with Crippen LogP contribution in [0.4, 0.5) is 0 Å². The summed E-state index contributed by atoms with van der Waals surface area (Å²) >= 11 is 0. The summed E-state index contributed by atoms with van der Waals surface area (Å²) in [5.74, 6) is 1.19. The molecular weight excluding hydrogens is 264 g/mol. The second kappa shape index (κ2) is 8.02. The van der Waals surface area contributed by atoms with E-state index in [9.17, 15) is 4.79 Å². The zero-order valence-electron chi connectivity index (χ0n) is 11.1. The normalized spacial score (nSPS) is 17.6. The number of methoxy groups -OCH3 is 1. The van der Waals surface area contributed by atoms with Gasteiger partial charge in [-0.05, 0) is 37.1 Å². The van der Waals surface area contributed by atoms with Crippen LogP contribution in [0.1, 0.15) is 12.0 Å². The number of halogens is 1. The van der Waals surface area contributed by atoms with Crippen LogP contribution in [0.2, 0.25) is 0 Å². The van der Waals surface area contributed by atoms with E-state index in [0.29, 0.717) is 6.54 Å². The summed E-state index contributed by atoms with van der Waals surface area (Å²) in [7, 11) is 1.66. The van der Waals surface area contributed by atoms with Gasteiger partial charge >= 0.3 is 0 Å². The maximum absolute atomic E-state index is 11.8. The van der Waals surface area contributed by atoms with Gasteiger partial charge < -0.3 is 15.4 Å². The third-order valence-electron chi connectivity index (χ3n) is 3.30. The van der Waals surface area contributed by atoms with E-state index in [1.807, 2.05) is 24.3 Å². The Morgan fingerprint density at radius 3 is 2.74 bits per heavy atom. The smallest absolute Gasteiger partial charge is 0.224 e. The molecule has 4 nitrogen and oxygen atoms in total. The van der Waals surface area contributed by atoms with Crippen LogP contribution in [-0.4, -0.2) is 32.7 Å². The van der Waals surface area contributed by atoms with E-state index < -0.39 is 0 Å². The van der Waals surface area contributed by atoms with Gasteiger partial charge in [-0.2, -0.15) is 0 Å². The Kier molecular flexibility index (Phi) is 6.67. The van der Waals surface area contributed by atoms with Crippen molar-refractivity contribution in [1.29, 1.82) is 0 Å². The number of carbonyl (C=O) groups excluding carboxylic acids is 1. The second-order valence-electron chi connectivity index (χ2n) is 4.58. The predicted molar refractivity (Wildman–Crippen MR) is 77.9 cm³/mol. The lowest BCUT2D eigenvalue weighted by atomic mass is 10.1. The van der Waals surface area contributed by atoms with Crippen LogP contribution in [0.3, 0.4) is 0 Å². The second-order valence-corrected chi connectivity index (χ2v) is 4.58. The maximum atomic E-state index is 11.8. The molecule has 0 aliphatic carbocycles. The number of rotatable bonds is 5. The molecule has 1 unspecified atom stereocenters. The number of ether oxygens (including phenoxy) is 1. The van der Waals surface area contributed by atoms with Crippen molar-refractivity contribution >= 4 is 18.3 Å². The van der Waals surface area contributed by atoms with Crippen LogP contribution in [-0.2, 0) is 11.2 Å². The summed E-state index contributed by atoms with van der Waals surface area (Å²) in [5.41, 5.74) is 1.21. The molecule has 2 rings (SSSR count). The van der Waals surface area contributed by atoms with Gasteiger partial charge in [0.15, 0.2) is 0 Å². The van der Waals surface area contributed by atoms with E-state index in [0.717, 1.165) is 31.7 Å². The van der Waals surface area contributed by atoms with Gasteiger partial charge in [0, 0.05) is 13.1 Å². The van der Waals surface area contributed by atoms with Crippen molar-refractivity contribution in [2.45, 2.75) is 12.8 Å². The molecule has 1 aromatic rings.